The number of carbonyl (C=O) groups excluding carboxylic acids is 1. The maximum Gasteiger partial charge on any atom is 0.267 e. The van der Waals surface area contributed by atoms with Crippen molar-refractivity contribution in [1.82, 2.24) is 9.97 Å². The van der Waals surface area contributed by atoms with Crippen molar-refractivity contribution >= 4 is 28.9 Å². The van der Waals surface area contributed by atoms with E-state index in [1.807, 2.05) is 6.07 Å². The molecule has 1 aromatic heterocycles. The van der Waals surface area contributed by atoms with Crippen LogP contribution in [-0.4, -0.2) is 36.1 Å². The van der Waals surface area contributed by atoms with Gasteiger partial charge >= 0.3 is 0 Å². The summed E-state index contributed by atoms with van der Waals surface area (Å²) in [5.41, 5.74) is 4.11. The molecule has 2 aromatic carbocycles. The number of aromatic nitrogens is 2. The molecule has 3 aromatic rings. The number of carbonyl (C=O) groups is 1. The molecule has 0 saturated carbocycles. The number of nitrogens with one attached hydrogen (secondary N) is 2. The van der Waals surface area contributed by atoms with Gasteiger partial charge in [0, 0.05) is 36.2 Å². The minimum atomic E-state index is -0.301. The summed E-state index contributed by atoms with van der Waals surface area (Å²) in [5.74, 6) is 1.24. The topological polar surface area (TPSA) is 88.6 Å². The third-order valence-electron chi connectivity index (χ3n) is 5.26. The van der Waals surface area contributed by atoms with Gasteiger partial charge < -0.3 is 25.0 Å². The smallest absolute Gasteiger partial charge is 0.267 e. The molecule has 170 valence electrons. The van der Waals surface area contributed by atoms with Gasteiger partial charge in [0.05, 0.1) is 13.3 Å². The fraction of sp³-hybridized carbons (Fsp3) is 0.240. The lowest BCUT2D eigenvalue weighted by Crippen LogP contribution is -2.20. The second-order valence-corrected chi connectivity index (χ2v) is 7.60. The lowest BCUT2D eigenvalue weighted by molar-refractivity contribution is -0.111. The number of anilines is 4. The van der Waals surface area contributed by atoms with Crippen molar-refractivity contribution in [2.24, 2.45) is 0 Å². The Morgan fingerprint density at radius 2 is 2.12 bits per heavy atom. The Bertz CT molecular complexity index is 1160. The molecule has 4 rings (SSSR count). The maximum atomic E-state index is 11.6. The van der Waals surface area contributed by atoms with Gasteiger partial charge in [-0.1, -0.05) is 19.6 Å². The summed E-state index contributed by atoms with van der Waals surface area (Å²) in [7, 11) is 1.53. The van der Waals surface area contributed by atoms with Crippen LogP contribution in [0.2, 0.25) is 0 Å². The van der Waals surface area contributed by atoms with Gasteiger partial charge in [0.15, 0.2) is 5.75 Å². The summed E-state index contributed by atoms with van der Waals surface area (Å²) in [6, 6.07) is 13.3. The molecule has 8 heteroatoms. The number of methoxy groups -OCH3 is 1. The summed E-state index contributed by atoms with van der Waals surface area (Å²) in [6.07, 6.45) is 4.93. The van der Waals surface area contributed by atoms with Crippen molar-refractivity contribution in [2.75, 3.05) is 35.7 Å². The standard InChI is InChI=1S/C25H27N5O3/c1-4-12-30-13-11-17-14-19(9-10-21(17)30)28-25-26-16-22(32-3)24(29-25)33-20-8-6-7-18(15-20)27-23(31)5-2/h5-10,14-16H,2,4,11-13H2,1,3H3,(H,27,31)(H,26,28,29). The lowest BCUT2D eigenvalue weighted by atomic mass is 10.1. The van der Waals surface area contributed by atoms with Crippen LogP contribution in [0.4, 0.5) is 23.0 Å². The van der Waals surface area contributed by atoms with E-state index in [9.17, 15) is 4.79 Å². The first kappa shape index (κ1) is 22.1. The Morgan fingerprint density at radius 1 is 1.24 bits per heavy atom. The third kappa shape index (κ3) is 5.23. The summed E-state index contributed by atoms with van der Waals surface area (Å²) < 4.78 is 11.3. The van der Waals surface area contributed by atoms with Crippen LogP contribution < -0.4 is 25.0 Å². The van der Waals surface area contributed by atoms with Crippen LogP contribution in [0.3, 0.4) is 0 Å². The van der Waals surface area contributed by atoms with Crippen LogP contribution in [0.25, 0.3) is 0 Å². The highest BCUT2D eigenvalue weighted by molar-refractivity contribution is 5.98. The van der Waals surface area contributed by atoms with E-state index in [1.165, 1.54) is 24.4 Å². The van der Waals surface area contributed by atoms with Crippen LogP contribution >= 0.6 is 0 Å². The molecule has 0 saturated heterocycles. The highest BCUT2D eigenvalue weighted by Gasteiger charge is 2.19. The molecule has 2 N–H and O–H groups in total. The molecule has 0 bridgehead atoms. The number of ether oxygens (including phenoxy) is 2. The van der Waals surface area contributed by atoms with Crippen LogP contribution in [0.15, 0.2) is 61.3 Å². The van der Waals surface area contributed by atoms with E-state index in [0.717, 1.165) is 31.6 Å². The Kier molecular flexibility index (Phi) is 6.73. The summed E-state index contributed by atoms with van der Waals surface area (Å²) in [5, 5.41) is 5.96. The first-order chi connectivity index (χ1) is 16.1. The van der Waals surface area contributed by atoms with Crippen molar-refractivity contribution in [2.45, 2.75) is 19.8 Å². The minimum absolute atomic E-state index is 0.262. The van der Waals surface area contributed by atoms with Gasteiger partial charge in [-0.05, 0) is 54.8 Å². The molecule has 1 aliphatic rings. The second-order valence-electron chi connectivity index (χ2n) is 7.60. The Balaban J connectivity index is 1.53. The van der Waals surface area contributed by atoms with Crippen LogP contribution in [-0.2, 0) is 11.2 Å². The van der Waals surface area contributed by atoms with Gasteiger partial charge in [0.1, 0.15) is 5.75 Å². The van der Waals surface area contributed by atoms with E-state index >= 15 is 0 Å². The fourth-order valence-electron chi connectivity index (χ4n) is 3.75. The van der Waals surface area contributed by atoms with E-state index < -0.39 is 0 Å². The number of hydrogen-bond acceptors (Lipinski definition) is 7. The Labute approximate surface area is 193 Å². The number of nitrogens with zero attached hydrogens (tertiary/aromatic N) is 3. The first-order valence-electron chi connectivity index (χ1n) is 10.9. The predicted molar refractivity (Wildman–Crippen MR) is 130 cm³/mol. The highest BCUT2D eigenvalue weighted by Crippen LogP contribution is 2.33. The van der Waals surface area contributed by atoms with Crippen molar-refractivity contribution in [1.29, 1.82) is 0 Å². The number of amides is 1. The summed E-state index contributed by atoms with van der Waals surface area (Å²) in [6.45, 7) is 7.78. The molecule has 1 aliphatic heterocycles. The Morgan fingerprint density at radius 3 is 2.91 bits per heavy atom. The quantitative estimate of drug-likeness (QED) is 0.452. The van der Waals surface area contributed by atoms with E-state index in [-0.39, 0.29) is 11.8 Å². The van der Waals surface area contributed by atoms with Gasteiger partial charge in [0.25, 0.3) is 5.88 Å². The molecule has 0 fully saturated rings. The fourth-order valence-corrected chi connectivity index (χ4v) is 3.75. The molecule has 2 heterocycles. The monoisotopic (exact) mass is 445 g/mol. The molecule has 0 atom stereocenters. The predicted octanol–water partition coefficient (Wildman–Crippen LogP) is 4.92. The average molecular weight is 446 g/mol. The zero-order valence-electron chi connectivity index (χ0n) is 18.8. The lowest BCUT2D eigenvalue weighted by Gasteiger charge is -2.18. The normalized spacial score (nSPS) is 12.1. The van der Waals surface area contributed by atoms with Crippen molar-refractivity contribution in [3.63, 3.8) is 0 Å². The largest absolute Gasteiger partial charge is 0.490 e. The number of benzene rings is 2. The van der Waals surface area contributed by atoms with Crippen molar-refractivity contribution in [3.8, 4) is 17.4 Å². The van der Waals surface area contributed by atoms with Crippen molar-refractivity contribution in [3.05, 3.63) is 66.9 Å². The van der Waals surface area contributed by atoms with Gasteiger partial charge in [0.2, 0.25) is 11.9 Å². The van der Waals surface area contributed by atoms with Crippen LogP contribution in [0, 0.1) is 0 Å². The van der Waals surface area contributed by atoms with Crippen LogP contribution in [0.5, 0.6) is 17.4 Å². The molecule has 0 unspecified atom stereocenters. The van der Waals surface area contributed by atoms with E-state index in [1.54, 1.807) is 30.5 Å². The van der Waals surface area contributed by atoms with Gasteiger partial charge in [-0.3, -0.25) is 4.79 Å². The van der Waals surface area contributed by atoms with Gasteiger partial charge in [-0.25, -0.2) is 4.98 Å². The molecule has 1 amide bonds. The minimum Gasteiger partial charge on any atom is -0.490 e. The van der Waals surface area contributed by atoms with Crippen molar-refractivity contribution < 1.29 is 14.3 Å². The molecule has 0 radical (unpaired) electrons. The highest BCUT2D eigenvalue weighted by atomic mass is 16.5. The summed E-state index contributed by atoms with van der Waals surface area (Å²) >= 11 is 0. The molecule has 0 spiro atoms. The third-order valence-corrected chi connectivity index (χ3v) is 5.26. The second kappa shape index (κ2) is 10.0. The van der Waals surface area contributed by atoms with Gasteiger partial charge in [-0.15, -0.1) is 0 Å². The summed E-state index contributed by atoms with van der Waals surface area (Å²) in [4.78, 5) is 22.8. The SMILES string of the molecule is C=CC(=O)Nc1cccc(Oc2nc(Nc3ccc4c(c3)CCN4CCC)ncc2OC)c1. The zero-order chi connectivity index (χ0) is 23.2. The zero-order valence-corrected chi connectivity index (χ0v) is 18.8. The first-order valence-corrected chi connectivity index (χ1v) is 10.9. The number of rotatable bonds is 9. The molecular weight excluding hydrogens is 418 g/mol. The van der Waals surface area contributed by atoms with Crippen LogP contribution in [0.1, 0.15) is 18.9 Å². The van der Waals surface area contributed by atoms with Gasteiger partial charge in [-0.2, -0.15) is 4.98 Å². The molecule has 33 heavy (non-hydrogen) atoms. The van der Waals surface area contributed by atoms with E-state index in [0.29, 0.717) is 23.1 Å². The van der Waals surface area contributed by atoms with E-state index in [4.69, 9.17) is 9.47 Å². The molecule has 8 nitrogen and oxygen atoms in total. The average Bonchev–Trinajstić information content (AvgIpc) is 3.22. The number of fused-ring (bicyclic) bond motifs is 1. The van der Waals surface area contributed by atoms with E-state index in [2.05, 4.69) is 51.1 Å². The Hall–Kier alpha value is -4.07. The molecular formula is C25H27N5O3. The number of hydrogen-bond donors (Lipinski definition) is 2. The molecule has 0 aliphatic carbocycles. The maximum absolute atomic E-state index is 11.6.